The number of nitriles is 1. The second-order valence-corrected chi connectivity index (χ2v) is 4.89. The minimum absolute atomic E-state index is 0.221. The number of nitrogens with zero attached hydrogens (tertiary/aromatic N) is 4. The molecule has 0 spiro atoms. The molecule has 0 saturated heterocycles. The van der Waals surface area contributed by atoms with E-state index in [4.69, 9.17) is 10.4 Å². The molecule has 5 heteroatoms. The fourth-order valence-corrected chi connectivity index (χ4v) is 2.74. The zero-order valence-electron chi connectivity index (χ0n) is 10.7. The van der Waals surface area contributed by atoms with Gasteiger partial charge in [-0.25, -0.2) is 4.68 Å². The van der Waals surface area contributed by atoms with E-state index >= 15 is 0 Å². The van der Waals surface area contributed by atoms with Crippen LogP contribution in [0.5, 0.6) is 0 Å². The molecule has 18 heavy (non-hydrogen) atoms. The Morgan fingerprint density at radius 3 is 2.78 bits per heavy atom. The van der Waals surface area contributed by atoms with Gasteiger partial charge in [-0.3, -0.25) is 0 Å². The fraction of sp³-hybridized carbons (Fsp3) is 0.769. The highest BCUT2D eigenvalue weighted by Gasteiger charge is 2.25. The average Bonchev–Trinajstić information content (AvgIpc) is 2.99. The summed E-state index contributed by atoms with van der Waals surface area (Å²) in [6.45, 7) is 1.02. The Morgan fingerprint density at radius 1 is 1.33 bits per heavy atom. The third kappa shape index (κ3) is 2.88. The topological polar surface area (TPSA) is 74.7 Å². The first kappa shape index (κ1) is 13.0. The summed E-state index contributed by atoms with van der Waals surface area (Å²) < 4.78 is 1.96. The average molecular weight is 248 g/mol. The van der Waals surface area contributed by atoms with Gasteiger partial charge in [0, 0.05) is 19.1 Å². The molecule has 1 N–H and O–H groups in total. The maximum absolute atomic E-state index is 8.85. The van der Waals surface area contributed by atoms with Gasteiger partial charge in [0.25, 0.3) is 0 Å². The second kappa shape index (κ2) is 6.50. The lowest BCUT2D eigenvalue weighted by Crippen LogP contribution is -2.10. The summed E-state index contributed by atoms with van der Waals surface area (Å²) >= 11 is 0. The Bertz CT molecular complexity index is 415. The number of rotatable bonds is 6. The number of unbranched alkanes of at least 4 members (excludes halogenated alkanes) is 1. The highest BCUT2D eigenvalue weighted by Crippen LogP contribution is 2.35. The van der Waals surface area contributed by atoms with Gasteiger partial charge in [-0.2, -0.15) is 5.26 Å². The van der Waals surface area contributed by atoms with E-state index in [1.54, 1.807) is 0 Å². The Morgan fingerprint density at radius 2 is 2.11 bits per heavy atom. The maximum atomic E-state index is 8.85. The first-order valence-corrected chi connectivity index (χ1v) is 6.77. The first-order valence-electron chi connectivity index (χ1n) is 6.77. The van der Waals surface area contributed by atoms with Gasteiger partial charge in [-0.15, -0.1) is 5.10 Å². The molecule has 0 aliphatic heterocycles. The zero-order valence-corrected chi connectivity index (χ0v) is 10.7. The van der Waals surface area contributed by atoms with Crippen LogP contribution in [0.25, 0.3) is 0 Å². The maximum Gasteiger partial charge on any atom is 0.100 e. The van der Waals surface area contributed by atoms with Crippen LogP contribution in [-0.4, -0.2) is 26.7 Å². The molecule has 1 aromatic rings. The normalized spacial score (nSPS) is 16.0. The monoisotopic (exact) mass is 248 g/mol. The third-order valence-corrected chi connectivity index (χ3v) is 3.61. The van der Waals surface area contributed by atoms with Crippen molar-refractivity contribution < 1.29 is 5.11 Å². The molecule has 0 atom stereocenters. The summed E-state index contributed by atoms with van der Waals surface area (Å²) in [5.41, 5.74) is 2.03. The molecular formula is C13H20N4O. The summed E-state index contributed by atoms with van der Waals surface area (Å²) in [6.07, 6.45) is 6.95. The van der Waals surface area contributed by atoms with Crippen LogP contribution in [0.3, 0.4) is 0 Å². The lowest BCUT2D eigenvalue weighted by molar-refractivity contribution is 0.279. The fourth-order valence-electron chi connectivity index (χ4n) is 2.74. The van der Waals surface area contributed by atoms with Gasteiger partial charge in [-0.05, 0) is 25.7 Å². The number of hydrogen-bond donors (Lipinski definition) is 1. The molecule has 5 nitrogen and oxygen atoms in total. The SMILES string of the molecule is N#CCc1nnn(CCCCO)c1C1CCCC1. The molecule has 1 heterocycles. The molecule has 0 radical (unpaired) electrons. The van der Waals surface area contributed by atoms with Gasteiger partial charge in [0.05, 0.1) is 18.2 Å². The zero-order chi connectivity index (χ0) is 12.8. The summed E-state index contributed by atoms with van der Waals surface area (Å²) in [4.78, 5) is 0. The molecule has 1 fully saturated rings. The summed E-state index contributed by atoms with van der Waals surface area (Å²) in [6, 6.07) is 2.17. The van der Waals surface area contributed by atoms with Gasteiger partial charge in [0.15, 0.2) is 0 Å². The lowest BCUT2D eigenvalue weighted by Gasteiger charge is -2.12. The predicted molar refractivity (Wildman–Crippen MR) is 66.9 cm³/mol. The van der Waals surface area contributed by atoms with Crippen LogP contribution in [0.2, 0.25) is 0 Å². The first-order chi connectivity index (χ1) is 8.86. The standard InChI is InChI=1S/C13H20N4O/c14-8-7-12-13(11-5-1-2-6-11)17(16-15-12)9-3-4-10-18/h11,18H,1-7,9-10H2. The molecule has 0 aromatic carbocycles. The minimum atomic E-state index is 0.221. The van der Waals surface area contributed by atoms with E-state index in [9.17, 15) is 0 Å². The molecule has 1 saturated carbocycles. The van der Waals surface area contributed by atoms with Gasteiger partial charge in [-0.1, -0.05) is 18.1 Å². The van der Waals surface area contributed by atoms with Crippen LogP contribution in [-0.2, 0) is 13.0 Å². The van der Waals surface area contributed by atoms with Gasteiger partial charge in [0.1, 0.15) is 5.69 Å². The molecule has 0 unspecified atom stereocenters. The highest BCUT2D eigenvalue weighted by molar-refractivity contribution is 5.19. The van der Waals surface area contributed by atoms with Gasteiger partial charge in [0.2, 0.25) is 0 Å². The minimum Gasteiger partial charge on any atom is -0.396 e. The van der Waals surface area contributed by atoms with Crippen LogP contribution in [0.4, 0.5) is 0 Å². The van der Waals surface area contributed by atoms with Crippen molar-refractivity contribution in [2.45, 2.75) is 57.4 Å². The quantitative estimate of drug-likeness (QED) is 0.779. The van der Waals surface area contributed by atoms with Crippen molar-refractivity contribution in [1.82, 2.24) is 15.0 Å². The number of aromatic nitrogens is 3. The van der Waals surface area contributed by atoms with E-state index < -0.39 is 0 Å². The Balaban J connectivity index is 2.14. The number of aliphatic hydroxyl groups is 1. The van der Waals surface area contributed by atoms with Crippen molar-refractivity contribution >= 4 is 0 Å². The molecule has 0 amide bonds. The predicted octanol–water partition coefficient (Wildman–Crippen LogP) is 1.77. The summed E-state index contributed by atoms with van der Waals surface area (Å²) in [5, 5.41) is 26.0. The van der Waals surface area contributed by atoms with E-state index in [0.29, 0.717) is 12.3 Å². The number of hydrogen-bond acceptors (Lipinski definition) is 4. The van der Waals surface area contributed by atoms with E-state index in [0.717, 1.165) is 25.1 Å². The smallest absolute Gasteiger partial charge is 0.100 e. The Labute approximate surface area is 107 Å². The molecule has 0 bridgehead atoms. The van der Waals surface area contributed by atoms with Crippen LogP contribution in [0.1, 0.15) is 55.8 Å². The van der Waals surface area contributed by atoms with Crippen LogP contribution in [0, 0.1) is 11.3 Å². The molecule has 1 aliphatic rings. The number of aryl methyl sites for hydroxylation is 1. The largest absolute Gasteiger partial charge is 0.396 e. The molecule has 1 aromatic heterocycles. The van der Waals surface area contributed by atoms with Crippen molar-refractivity contribution in [2.75, 3.05) is 6.61 Å². The third-order valence-electron chi connectivity index (χ3n) is 3.61. The van der Waals surface area contributed by atoms with Crippen LogP contribution < -0.4 is 0 Å². The van der Waals surface area contributed by atoms with E-state index in [1.807, 2.05) is 4.68 Å². The summed E-state index contributed by atoms with van der Waals surface area (Å²) in [7, 11) is 0. The number of aliphatic hydroxyl groups excluding tert-OH is 1. The van der Waals surface area contributed by atoms with E-state index in [2.05, 4.69) is 16.4 Å². The van der Waals surface area contributed by atoms with Crippen molar-refractivity contribution in [3.8, 4) is 6.07 Å². The van der Waals surface area contributed by atoms with Gasteiger partial charge < -0.3 is 5.11 Å². The molecular weight excluding hydrogens is 228 g/mol. The summed E-state index contributed by atoms with van der Waals surface area (Å²) in [5.74, 6) is 0.525. The lowest BCUT2D eigenvalue weighted by atomic mass is 10.0. The highest BCUT2D eigenvalue weighted by atomic mass is 16.2. The Kier molecular flexibility index (Phi) is 4.71. The molecule has 2 rings (SSSR count). The van der Waals surface area contributed by atoms with Gasteiger partial charge >= 0.3 is 0 Å². The molecule has 1 aliphatic carbocycles. The van der Waals surface area contributed by atoms with E-state index in [-0.39, 0.29) is 6.61 Å². The second-order valence-electron chi connectivity index (χ2n) is 4.89. The van der Waals surface area contributed by atoms with Crippen molar-refractivity contribution in [3.63, 3.8) is 0 Å². The van der Waals surface area contributed by atoms with Crippen molar-refractivity contribution in [2.24, 2.45) is 0 Å². The van der Waals surface area contributed by atoms with Crippen molar-refractivity contribution in [1.29, 1.82) is 5.26 Å². The Hall–Kier alpha value is -1.41. The van der Waals surface area contributed by atoms with Crippen molar-refractivity contribution in [3.05, 3.63) is 11.4 Å². The van der Waals surface area contributed by atoms with Crippen LogP contribution in [0.15, 0.2) is 0 Å². The van der Waals surface area contributed by atoms with Crippen LogP contribution >= 0.6 is 0 Å². The molecule has 98 valence electrons. The van der Waals surface area contributed by atoms with E-state index in [1.165, 1.54) is 31.4 Å².